The Morgan fingerprint density at radius 1 is 0.842 bits per heavy atom. The number of benzene rings is 1. The summed E-state index contributed by atoms with van der Waals surface area (Å²) in [5, 5.41) is 10.3. The van der Waals surface area contributed by atoms with E-state index in [-0.39, 0.29) is 17.4 Å². The maximum atomic E-state index is 12.8. The van der Waals surface area contributed by atoms with Crippen molar-refractivity contribution in [3.8, 4) is 0 Å². The molecular formula is C28H27N9O. The number of nitrogens with one attached hydrogen (secondary N) is 3. The number of carbonyl (C=O) groups excluding carboxylic acids is 1. The van der Waals surface area contributed by atoms with Gasteiger partial charge < -0.3 is 26.6 Å². The van der Waals surface area contributed by atoms with Gasteiger partial charge in [0.2, 0.25) is 0 Å². The number of anilines is 7. The van der Waals surface area contributed by atoms with Gasteiger partial charge in [0, 0.05) is 54.6 Å². The zero-order chi connectivity index (χ0) is 26.6. The minimum absolute atomic E-state index is 0.189. The van der Waals surface area contributed by atoms with E-state index in [0.29, 0.717) is 11.5 Å². The summed E-state index contributed by atoms with van der Waals surface area (Å²) in [6.07, 6.45) is 5.08. The van der Waals surface area contributed by atoms with Crippen LogP contribution in [0.4, 0.5) is 40.1 Å². The van der Waals surface area contributed by atoms with Crippen molar-refractivity contribution in [1.29, 1.82) is 0 Å². The monoisotopic (exact) mass is 505 g/mol. The molecule has 0 spiro atoms. The van der Waals surface area contributed by atoms with Crippen molar-refractivity contribution in [1.82, 2.24) is 19.9 Å². The number of aromatic nitrogens is 4. The van der Waals surface area contributed by atoms with Crippen molar-refractivity contribution in [2.45, 2.75) is 6.92 Å². The molecule has 10 heteroatoms. The van der Waals surface area contributed by atoms with Gasteiger partial charge in [0.05, 0.1) is 23.1 Å². The predicted molar refractivity (Wildman–Crippen MR) is 152 cm³/mol. The number of hydrogen-bond acceptors (Lipinski definition) is 9. The molecule has 0 bridgehead atoms. The Morgan fingerprint density at radius 2 is 1.68 bits per heavy atom. The molecule has 0 aliphatic heterocycles. The van der Waals surface area contributed by atoms with E-state index >= 15 is 0 Å². The van der Waals surface area contributed by atoms with Crippen molar-refractivity contribution >= 4 is 56.9 Å². The second kappa shape index (κ2) is 10.4. The van der Waals surface area contributed by atoms with Crippen molar-refractivity contribution < 1.29 is 4.79 Å². The maximum absolute atomic E-state index is 12.8. The van der Waals surface area contributed by atoms with Gasteiger partial charge >= 0.3 is 0 Å². The lowest BCUT2D eigenvalue weighted by Gasteiger charge is -2.15. The normalized spacial score (nSPS) is 10.7. The Kier molecular flexibility index (Phi) is 6.68. The number of nitrogens with zero attached hydrogens (tertiary/aromatic N) is 5. The maximum Gasteiger partial charge on any atom is 0.274 e. The highest BCUT2D eigenvalue weighted by Gasteiger charge is 2.12. The van der Waals surface area contributed by atoms with Crippen LogP contribution >= 0.6 is 0 Å². The Bertz CT molecular complexity index is 1620. The fourth-order valence-electron chi connectivity index (χ4n) is 3.89. The zero-order valence-corrected chi connectivity index (χ0v) is 21.2. The molecule has 0 atom stereocenters. The minimum atomic E-state index is -0.388. The first-order chi connectivity index (χ1) is 18.4. The molecule has 5 rings (SSSR count). The molecule has 4 heterocycles. The molecule has 38 heavy (non-hydrogen) atoms. The van der Waals surface area contributed by atoms with Crippen LogP contribution in [-0.4, -0.2) is 39.9 Å². The number of nitrogens with two attached hydrogens (primary N) is 1. The molecule has 0 radical (unpaired) electrons. The number of pyridine rings is 4. The number of amides is 1. The standard InChI is InChI=1S/C28H27N9O/c1-17-14-18(10-12-30-17)34-26-9-8-24(27(29)36-26)35-28(38)25-6-4-19(16-32-25)33-23-11-13-31-22-7-5-20(37(2)3)15-21(22)23/h4-16H,1-3H3,(H,31,33)(H,35,38)(H3,29,30,34,36). The zero-order valence-electron chi connectivity index (χ0n) is 21.2. The molecule has 5 N–H and O–H groups in total. The number of aryl methyl sites for hydroxylation is 1. The van der Waals surface area contributed by atoms with Crippen LogP contribution in [0, 0.1) is 6.92 Å². The number of rotatable bonds is 7. The summed E-state index contributed by atoms with van der Waals surface area (Å²) in [6.45, 7) is 1.91. The van der Waals surface area contributed by atoms with E-state index < -0.39 is 0 Å². The number of carbonyl (C=O) groups is 1. The van der Waals surface area contributed by atoms with E-state index in [1.807, 2.05) is 56.3 Å². The lowest BCUT2D eigenvalue weighted by molar-refractivity contribution is 0.102. The van der Waals surface area contributed by atoms with Gasteiger partial charge in [-0.25, -0.2) is 9.97 Å². The SMILES string of the molecule is Cc1cc(Nc2ccc(NC(=O)c3ccc(Nc4ccnc5ccc(N(C)C)cc45)cn3)c(N)n2)ccn1. The van der Waals surface area contributed by atoms with E-state index in [0.717, 1.165) is 39.3 Å². The van der Waals surface area contributed by atoms with Crippen LogP contribution < -0.4 is 26.6 Å². The van der Waals surface area contributed by atoms with E-state index in [9.17, 15) is 4.79 Å². The highest BCUT2D eigenvalue weighted by molar-refractivity contribution is 6.04. The van der Waals surface area contributed by atoms with Gasteiger partial charge in [-0.3, -0.25) is 14.8 Å². The quantitative estimate of drug-likeness (QED) is 0.238. The second-order valence-corrected chi connectivity index (χ2v) is 8.91. The topological polar surface area (TPSA) is 134 Å². The highest BCUT2D eigenvalue weighted by atomic mass is 16.1. The van der Waals surface area contributed by atoms with Crippen LogP contribution in [-0.2, 0) is 0 Å². The smallest absolute Gasteiger partial charge is 0.274 e. The van der Waals surface area contributed by atoms with Gasteiger partial charge in [0.1, 0.15) is 17.3 Å². The van der Waals surface area contributed by atoms with E-state index in [1.165, 1.54) is 0 Å². The Balaban J connectivity index is 1.27. The fourth-order valence-corrected chi connectivity index (χ4v) is 3.89. The van der Waals surface area contributed by atoms with Crippen LogP contribution in [0.25, 0.3) is 10.9 Å². The first-order valence-corrected chi connectivity index (χ1v) is 11.9. The van der Waals surface area contributed by atoms with E-state index in [1.54, 1.807) is 42.9 Å². The molecular weight excluding hydrogens is 478 g/mol. The summed E-state index contributed by atoms with van der Waals surface area (Å²) < 4.78 is 0. The highest BCUT2D eigenvalue weighted by Crippen LogP contribution is 2.28. The second-order valence-electron chi connectivity index (χ2n) is 8.91. The fraction of sp³-hybridized carbons (Fsp3) is 0.107. The Morgan fingerprint density at radius 3 is 2.42 bits per heavy atom. The van der Waals surface area contributed by atoms with Gasteiger partial charge in [0.15, 0.2) is 0 Å². The van der Waals surface area contributed by atoms with Gasteiger partial charge in [0.25, 0.3) is 5.91 Å². The molecule has 0 saturated carbocycles. The lowest BCUT2D eigenvalue weighted by Crippen LogP contribution is -2.15. The first-order valence-electron chi connectivity index (χ1n) is 11.9. The molecule has 5 aromatic rings. The predicted octanol–water partition coefficient (Wildman–Crippen LogP) is 5.12. The molecule has 190 valence electrons. The molecule has 0 aliphatic rings. The molecule has 0 aliphatic carbocycles. The largest absolute Gasteiger partial charge is 0.382 e. The van der Waals surface area contributed by atoms with Crippen molar-refractivity contribution in [3.05, 3.63) is 90.6 Å². The lowest BCUT2D eigenvalue weighted by atomic mass is 10.1. The van der Waals surface area contributed by atoms with E-state index in [4.69, 9.17) is 5.73 Å². The Labute approximate surface area is 220 Å². The number of nitrogen functional groups attached to an aromatic ring is 1. The summed E-state index contributed by atoms with van der Waals surface area (Å²) in [6, 6.07) is 18.6. The molecule has 4 aromatic heterocycles. The molecule has 1 aromatic carbocycles. The van der Waals surface area contributed by atoms with Crippen LogP contribution in [0.2, 0.25) is 0 Å². The summed E-state index contributed by atoms with van der Waals surface area (Å²) in [7, 11) is 3.99. The van der Waals surface area contributed by atoms with Gasteiger partial charge in [-0.2, -0.15) is 0 Å². The third-order valence-electron chi connectivity index (χ3n) is 5.86. The first kappa shape index (κ1) is 24.4. The molecule has 0 fully saturated rings. The van der Waals surface area contributed by atoms with Gasteiger partial charge in [-0.15, -0.1) is 0 Å². The summed E-state index contributed by atoms with van der Waals surface area (Å²) in [4.78, 5) is 32.1. The van der Waals surface area contributed by atoms with Gasteiger partial charge in [-0.05, 0) is 67.6 Å². The van der Waals surface area contributed by atoms with Crippen LogP contribution in [0.3, 0.4) is 0 Å². The molecule has 0 unspecified atom stereocenters. The van der Waals surface area contributed by atoms with Crippen molar-refractivity contribution in [2.24, 2.45) is 0 Å². The van der Waals surface area contributed by atoms with Gasteiger partial charge in [-0.1, -0.05) is 0 Å². The molecule has 1 amide bonds. The summed E-state index contributed by atoms with van der Waals surface area (Å²) in [5.74, 6) is 0.357. The third kappa shape index (κ3) is 5.44. The van der Waals surface area contributed by atoms with Crippen LogP contribution in [0.15, 0.2) is 79.3 Å². The van der Waals surface area contributed by atoms with E-state index in [2.05, 4.69) is 42.0 Å². The van der Waals surface area contributed by atoms with Crippen LogP contribution in [0.5, 0.6) is 0 Å². The van der Waals surface area contributed by atoms with Crippen molar-refractivity contribution in [3.63, 3.8) is 0 Å². The molecule has 10 nitrogen and oxygen atoms in total. The average Bonchev–Trinajstić information content (AvgIpc) is 2.90. The van der Waals surface area contributed by atoms with Crippen molar-refractivity contribution in [2.75, 3.05) is 40.7 Å². The number of fused-ring (bicyclic) bond motifs is 1. The third-order valence-corrected chi connectivity index (χ3v) is 5.86. The summed E-state index contributed by atoms with van der Waals surface area (Å²) in [5.41, 5.74) is 12.1. The van der Waals surface area contributed by atoms with Crippen LogP contribution in [0.1, 0.15) is 16.2 Å². The average molecular weight is 506 g/mol. The molecule has 0 saturated heterocycles. The number of hydrogen-bond donors (Lipinski definition) is 4. The summed E-state index contributed by atoms with van der Waals surface area (Å²) >= 11 is 0. The minimum Gasteiger partial charge on any atom is -0.382 e. The Hall–Kier alpha value is -5.25.